The average molecular weight is 218 g/mol. The second-order valence-corrected chi connectivity index (χ2v) is 4.60. The summed E-state index contributed by atoms with van der Waals surface area (Å²) in [5.74, 6) is 0. The lowest BCUT2D eigenvalue weighted by atomic mass is 9.73. The van der Waals surface area contributed by atoms with Crippen LogP contribution in [0.4, 0.5) is 0 Å². The number of aryl methyl sites for hydroxylation is 2. The van der Waals surface area contributed by atoms with Gasteiger partial charge in [-0.05, 0) is 38.7 Å². The molecule has 0 aliphatic carbocycles. The minimum absolute atomic E-state index is 0.311. The smallest absolute Gasteiger partial charge is 0.107 e. The zero-order valence-electron chi connectivity index (χ0n) is 11.1. The molecule has 1 rings (SSSR count). The molecule has 0 aliphatic rings. The lowest BCUT2D eigenvalue weighted by Gasteiger charge is -2.29. The van der Waals surface area contributed by atoms with Gasteiger partial charge in [-0.15, -0.1) is 0 Å². The van der Waals surface area contributed by atoms with E-state index in [0.717, 1.165) is 19.3 Å². The molecule has 0 aliphatic heterocycles. The molecule has 0 bridgehead atoms. The second kappa shape index (κ2) is 5.56. The molecule has 0 spiro atoms. The summed E-state index contributed by atoms with van der Waals surface area (Å²) in [6.45, 7) is 8.54. The van der Waals surface area contributed by atoms with Gasteiger partial charge in [-0.1, -0.05) is 27.2 Å². The van der Waals surface area contributed by atoms with Crippen LogP contribution in [0.2, 0.25) is 0 Å². The summed E-state index contributed by atoms with van der Waals surface area (Å²) in [6, 6.07) is 2.17. The lowest BCUT2D eigenvalue weighted by Crippen LogP contribution is -2.34. The first kappa shape index (κ1) is 13.3. The fourth-order valence-corrected chi connectivity index (χ4v) is 2.02. The summed E-state index contributed by atoms with van der Waals surface area (Å²) in [4.78, 5) is 0. The van der Waals surface area contributed by atoms with E-state index in [9.17, 15) is 0 Å². The summed E-state index contributed by atoms with van der Waals surface area (Å²) in [6.07, 6.45) is 5.31. The summed E-state index contributed by atoms with van der Waals surface area (Å²) >= 11 is 0. The van der Waals surface area contributed by atoms with Crippen molar-refractivity contribution in [1.82, 2.24) is 9.78 Å². The number of nitrogens with zero attached hydrogens (tertiary/aromatic N) is 2. The van der Waals surface area contributed by atoms with Crippen molar-refractivity contribution < 1.29 is 0 Å². The highest BCUT2D eigenvalue weighted by molar-refractivity contribution is 6.13. The van der Waals surface area contributed by atoms with Crippen LogP contribution >= 0.6 is 0 Å². The van der Waals surface area contributed by atoms with Gasteiger partial charge in [0, 0.05) is 11.1 Å². The Labute approximate surface area is 101 Å². The van der Waals surface area contributed by atoms with Crippen LogP contribution in [0.15, 0.2) is 6.07 Å². The third-order valence-electron chi connectivity index (χ3n) is 3.37. The van der Waals surface area contributed by atoms with Gasteiger partial charge in [-0.2, -0.15) is 5.10 Å². The van der Waals surface area contributed by atoms with Crippen molar-refractivity contribution in [2.75, 3.05) is 0 Å². The predicted octanol–water partition coefficient (Wildman–Crippen LogP) is 3.18. The van der Waals surface area contributed by atoms with Crippen molar-refractivity contribution in [3.8, 4) is 0 Å². The molecule has 0 amide bonds. The minimum atomic E-state index is -0.311. The van der Waals surface area contributed by atoms with Crippen molar-refractivity contribution >= 4 is 7.85 Å². The van der Waals surface area contributed by atoms with E-state index in [-0.39, 0.29) is 5.44 Å². The van der Waals surface area contributed by atoms with Crippen molar-refractivity contribution in [3.63, 3.8) is 0 Å². The van der Waals surface area contributed by atoms with Crippen molar-refractivity contribution in [3.05, 3.63) is 17.5 Å². The van der Waals surface area contributed by atoms with E-state index < -0.39 is 0 Å². The molecule has 0 unspecified atom stereocenters. The van der Waals surface area contributed by atoms with E-state index in [2.05, 4.69) is 38.9 Å². The first-order valence-corrected chi connectivity index (χ1v) is 6.42. The van der Waals surface area contributed by atoms with Crippen molar-refractivity contribution in [1.29, 1.82) is 0 Å². The molecule has 1 aromatic heterocycles. The largest absolute Gasteiger partial charge is 0.273 e. The highest BCUT2D eigenvalue weighted by atomic mass is 15.3. The van der Waals surface area contributed by atoms with Gasteiger partial charge in [0.15, 0.2) is 0 Å². The highest BCUT2D eigenvalue weighted by Crippen LogP contribution is 2.23. The zero-order chi connectivity index (χ0) is 12.2. The molecule has 0 atom stereocenters. The van der Waals surface area contributed by atoms with Crippen molar-refractivity contribution in [2.24, 2.45) is 0 Å². The Balaban J connectivity index is 2.92. The van der Waals surface area contributed by atoms with Gasteiger partial charge in [-0.3, -0.25) is 4.68 Å². The van der Waals surface area contributed by atoms with Gasteiger partial charge < -0.3 is 0 Å². The molecule has 0 saturated heterocycles. The van der Waals surface area contributed by atoms with Gasteiger partial charge in [0.2, 0.25) is 0 Å². The topological polar surface area (TPSA) is 17.8 Å². The van der Waals surface area contributed by atoms with E-state index in [0.29, 0.717) is 0 Å². The molecule has 16 heavy (non-hydrogen) atoms. The van der Waals surface area contributed by atoms with E-state index in [1.165, 1.54) is 24.2 Å². The molecular formula is C13H23BN2. The predicted molar refractivity (Wildman–Crippen MR) is 69.9 cm³/mol. The number of hydrogen-bond donors (Lipinski definition) is 0. The molecule has 0 fully saturated rings. The summed E-state index contributed by atoms with van der Waals surface area (Å²) in [5.41, 5.74) is 2.04. The zero-order valence-corrected chi connectivity index (χ0v) is 11.1. The molecule has 88 valence electrons. The molecule has 0 aromatic carbocycles. The monoisotopic (exact) mass is 218 g/mol. The number of hydrogen-bond acceptors (Lipinski definition) is 1. The second-order valence-electron chi connectivity index (χ2n) is 4.60. The summed E-state index contributed by atoms with van der Waals surface area (Å²) < 4.78 is 2.01. The van der Waals surface area contributed by atoms with Gasteiger partial charge in [-0.25, -0.2) is 0 Å². The minimum Gasteiger partial charge on any atom is -0.273 e. The SMILES string of the molecule is [B]C(CC)(CC)n1nc(CCCC)cc1C. The fraction of sp³-hybridized carbons (Fsp3) is 0.769. The normalized spacial score (nSPS) is 12.0. The van der Waals surface area contributed by atoms with Crippen LogP contribution in [0.1, 0.15) is 57.8 Å². The Morgan fingerprint density at radius 1 is 1.31 bits per heavy atom. The molecule has 1 aromatic rings. The van der Waals surface area contributed by atoms with Gasteiger partial charge in [0.05, 0.1) is 5.69 Å². The van der Waals surface area contributed by atoms with E-state index in [4.69, 9.17) is 7.85 Å². The van der Waals surface area contributed by atoms with E-state index in [1.807, 2.05) is 4.68 Å². The number of unbranched alkanes of at least 4 members (excludes halogenated alkanes) is 1. The van der Waals surface area contributed by atoms with Crippen LogP contribution in [-0.2, 0) is 11.9 Å². The molecule has 2 nitrogen and oxygen atoms in total. The third kappa shape index (κ3) is 2.69. The van der Waals surface area contributed by atoms with Crippen molar-refractivity contribution in [2.45, 2.75) is 65.2 Å². The molecule has 0 N–H and O–H groups in total. The van der Waals surface area contributed by atoms with E-state index >= 15 is 0 Å². The van der Waals surface area contributed by atoms with Crippen LogP contribution in [0.25, 0.3) is 0 Å². The van der Waals surface area contributed by atoms with Crippen LogP contribution in [0.3, 0.4) is 0 Å². The Morgan fingerprint density at radius 3 is 2.44 bits per heavy atom. The Hall–Kier alpha value is -0.725. The molecule has 2 radical (unpaired) electrons. The van der Waals surface area contributed by atoms with Crippen LogP contribution < -0.4 is 0 Å². The maximum absolute atomic E-state index is 6.36. The standard InChI is InChI=1S/C13H23BN2/c1-5-8-9-12-10-11(4)16(15-12)13(14,6-2)7-3/h10H,5-9H2,1-4H3. The first-order chi connectivity index (χ1) is 7.57. The van der Waals surface area contributed by atoms with Crippen LogP contribution in [0.5, 0.6) is 0 Å². The summed E-state index contributed by atoms with van der Waals surface area (Å²) in [5, 5.41) is 4.65. The Morgan fingerprint density at radius 2 is 1.94 bits per heavy atom. The van der Waals surface area contributed by atoms with Gasteiger partial charge >= 0.3 is 0 Å². The lowest BCUT2D eigenvalue weighted by molar-refractivity contribution is 0.354. The van der Waals surface area contributed by atoms with Gasteiger partial charge in [0.1, 0.15) is 7.85 Å². The maximum Gasteiger partial charge on any atom is 0.107 e. The highest BCUT2D eigenvalue weighted by Gasteiger charge is 2.24. The summed E-state index contributed by atoms with van der Waals surface area (Å²) in [7, 11) is 6.36. The van der Waals surface area contributed by atoms with Gasteiger partial charge in [0.25, 0.3) is 0 Å². The quantitative estimate of drug-likeness (QED) is 0.670. The number of aromatic nitrogens is 2. The fourth-order valence-electron chi connectivity index (χ4n) is 2.02. The Kier molecular flexibility index (Phi) is 4.63. The Bertz CT molecular complexity index is 327. The maximum atomic E-state index is 6.36. The van der Waals surface area contributed by atoms with Crippen LogP contribution in [-0.4, -0.2) is 17.6 Å². The molecule has 3 heteroatoms. The molecular weight excluding hydrogens is 195 g/mol. The molecule has 0 saturated carbocycles. The first-order valence-electron chi connectivity index (χ1n) is 6.42. The number of rotatable bonds is 6. The van der Waals surface area contributed by atoms with Crippen LogP contribution in [0, 0.1) is 6.92 Å². The third-order valence-corrected chi connectivity index (χ3v) is 3.37. The average Bonchev–Trinajstić information content (AvgIpc) is 2.67. The molecule has 1 heterocycles. The van der Waals surface area contributed by atoms with E-state index in [1.54, 1.807) is 0 Å².